The highest BCUT2D eigenvalue weighted by Crippen LogP contribution is 2.14. The lowest BCUT2D eigenvalue weighted by molar-refractivity contribution is 0.610. The first-order valence-corrected chi connectivity index (χ1v) is 8.52. The molecule has 0 aliphatic carbocycles. The van der Waals surface area contributed by atoms with Crippen molar-refractivity contribution in [1.82, 2.24) is 30.2 Å². The van der Waals surface area contributed by atoms with Gasteiger partial charge in [-0.1, -0.05) is 0 Å². The van der Waals surface area contributed by atoms with Crippen LogP contribution in [-0.4, -0.2) is 44.7 Å². The molecule has 0 saturated carbocycles. The number of rotatable bonds is 7. The Morgan fingerprint density at radius 3 is 2.68 bits per heavy atom. The first kappa shape index (κ1) is 21.5. The van der Waals surface area contributed by atoms with Crippen molar-refractivity contribution in [3.05, 3.63) is 35.4 Å². The van der Waals surface area contributed by atoms with Gasteiger partial charge in [-0.25, -0.2) is 0 Å². The number of aliphatic imine (C=N–C) groups is 1. The maximum Gasteiger partial charge on any atom is 0.191 e. The number of hydrogen-bond acceptors (Lipinski definition) is 3. The second-order valence-corrected chi connectivity index (χ2v) is 6.05. The van der Waals surface area contributed by atoms with Gasteiger partial charge in [-0.15, -0.1) is 24.0 Å². The monoisotopic (exact) mass is 459 g/mol. The third kappa shape index (κ3) is 6.33. The van der Waals surface area contributed by atoms with Gasteiger partial charge < -0.3 is 10.6 Å². The number of hydrogen-bond donors (Lipinski definition) is 2. The minimum Gasteiger partial charge on any atom is -0.357 e. The van der Waals surface area contributed by atoms with Crippen molar-refractivity contribution in [3.8, 4) is 0 Å². The van der Waals surface area contributed by atoms with E-state index in [-0.39, 0.29) is 30.0 Å². The van der Waals surface area contributed by atoms with E-state index >= 15 is 0 Å². The topological polar surface area (TPSA) is 72.1 Å². The second-order valence-electron chi connectivity index (χ2n) is 6.05. The van der Waals surface area contributed by atoms with E-state index in [1.54, 1.807) is 6.20 Å². The van der Waals surface area contributed by atoms with Gasteiger partial charge in [0.25, 0.3) is 0 Å². The molecule has 0 aromatic carbocycles. The third-order valence-electron chi connectivity index (χ3n) is 4.05. The summed E-state index contributed by atoms with van der Waals surface area (Å²) in [5.41, 5.74) is 3.64. The zero-order chi connectivity index (χ0) is 17.5. The van der Waals surface area contributed by atoms with Gasteiger partial charge in [0.1, 0.15) is 0 Å². The van der Waals surface area contributed by atoms with Crippen LogP contribution in [-0.2, 0) is 20.0 Å². The molecule has 25 heavy (non-hydrogen) atoms. The molecule has 2 N–H and O–H groups in total. The van der Waals surface area contributed by atoms with Crippen molar-refractivity contribution in [3.63, 3.8) is 0 Å². The number of nitrogens with zero attached hydrogens (tertiary/aromatic N) is 5. The molecule has 1 unspecified atom stereocenters. The lowest BCUT2D eigenvalue weighted by Gasteiger charge is -2.18. The van der Waals surface area contributed by atoms with Crippen LogP contribution < -0.4 is 10.6 Å². The molecule has 8 heteroatoms. The van der Waals surface area contributed by atoms with Crippen LogP contribution in [0.2, 0.25) is 0 Å². The molecule has 2 aromatic rings. The number of halogens is 1. The van der Waals surface area contributed by atoms with E-state index in [1.807, 2.05) is 28.7 Å². The normalized spacial score (nSPS) is 12.6. The van der Waals surface area contributed by atoms with Crippen LogP contribution in [0.25, 0.3) is 0 Å². The van der Waals surface area contributed by atoms with Crippen LogP contribution in [0.15, 0.2) is 23.5 Å². The summed E-state index contributed by atoms with van der Waals surface area (Å²) < 4.78 is 3.83. The predicted octanol–water partition coefficient (Wildman–Crippen LogP) is 2.04. The van der Waals surface area contributed by atoms with E-state index in [0.717, 1.165) is 31.2 Å². The number of aryl methyl sites for hydroxylation is 2. The number of guanidine groups is 1. The van der Waals surface area contributed by atoms with Gasteiger partial charge >= 0.3 is 0 Å². The summed E-state index contributed by atoms with van der Waals surface area (Å²) in [6.07, 6.45) is 4.66. The number of aromatic nitrogens is 4. The summed E-state index contributed by atoms with van der Waals surface area (Å²) in [4.78, 5) is 4.63. The van der Waals surface area contributed by atoms with E-state index < -0.39 is 0 Å². The van der Waals surface area contributed by atoms with Crippen molar-refractivity contribution < 1.29 is 0 Å². The Labute approximate surface area is 167 Å². The smallest absolute Gasteiger partial charge is 0.191 e. The summed E-state index contributed by atoms with van der Waals surface area (Å²) in [6.45, 7) is 10.7. The van der Waals surface area contributed by atoms with Crippen molar-refractivity contribution in [2.75, 3.05) is 13.1 Å². The fourth-order valence-electron chi connectivity index (χ4n) is 2.72. The van der Waals surface area contributed by atoms with E-state index in [9.17, 15) is 0 Å². The second kappa shape index (κ2) is 10.4. The van der Waals surface area contributed by atoms with Crippen LogP contribution >= 0.6 is 24.0 Å². The zero-order valence-corrected chi connectivity index (χ0v) is 18.1. The van der Waals surface area contributed by atoms with E-state index in [4.69, 9.17) is 0 Å². The zero-order valence-electron chi connectivity index (χ0n) is 15.8. The molecular weight excluding hydrogens is 429 g/mol. The first-order valence-electron chi connectivity index (χ1n) is 8.52. The van der Waals surface area contributed by atoms with Gasteiger partial charge in [0.15, 0.2) is 5.96 Å². The molecule has 2 aromatic heterocycles. The quantitative estimate of drug-likeness (QED) is 0.378. The highest BCUT2D eigenvalue weighted by atomic mass is 127. The Morgan fingerprint density at radius 2 is 2.12 bits per heavy atom. The molecule has 2 heterocycles. The highest BCUT2D eigenvalue weighted by Gasteiger charge is 2.13. The van der Waals surface area contributed by atoms with Crippen molar-refractivity contribution in [1.29, 1.82) is 0 Å². The minimum atomic E-state index is 0. The van der Waals surface area contributed by atoms with E-state index in [2.05, 4.69) is 53.5 Å². The summed E-state index contributed by atoms with van der Waals surface area (Å²) >= 11 is 0. The molecular formula is C17H30IN7. The minimum absolute atomic E-state index is 0. The molecule has 0 radical (unpaired) electrons. The molecule has 0 amide bonds. The van der Waals surface area contributed by atoms with Crippen LogP contribution in [0.5, 0.6) is 0 Å². The van der Waals surface area contributed by atoms with E-state index in [1.165, 1.54) is 11.3 Å². The lowest BCUT2D eigenvalue weighted by Crippen LogP contribution is -2.43. The predicted molar refractivity (Wildman–Crippen MR) is 113 cm³/mol. The number of nitrogens with one attached hydrogen (secondary N) is 2. The maximum atomic E-state index is 4.63. The molecule has 0 spiro atoms. The van der Waals surface area contributed by atoms with Crippen molar-refractivity contribution in [2.45, 2.75) is 46.7 Å². The van der Waals surface area contributed by atoms with Gasteiger partial charge in [-0.2, -0.15) is 10.2 Å². The molecule has 0 saturated heterocycles. The Bertz CT molecular complexity index is 661. The fraction of sp³-hybridized carbons (Fsp3) is 0.588. The summed E-state index contributed by atoms with van der Waals surface area (Å²) in [7, 11) is 1.99. The SMILES string of the molecule is CCNC(=NCCn1cccn1)NC(C)Cc1c(C)nn(C)c1C.I. The van der Waals surface area contributed by atoms with Gasteiger partial charge in [0, 0.05) is 37.7 Å². The molecule has 140 valence electrons. The van der Waals surface area contributed by atoms with Gasteiger partial charge in [0.2, 0.25) is 0 Å². The Hall–Kier alpha value is -1.58. The van der Waals surface area contributed by atoms with E-state index in [0.29, 0.717) is 6.54 Å². The van der Waals surface area contributed by atoms with Crippen LogP contribution in [0.3, 0.4) is 0 Å². The average molecular weight is 459 g/mol. The van der Waals surface area contributed by atoms with Gasteiger partial charge in [0.05, 0.1) is 18.8 Å². The molecule has 0 aliphatic rings. The maximum absolute atomic E-state index is 4.63. The fourth-order valence-corrected chi connectivity index (χ4v) is 2.72. The van der Waals surface area contributed by atoms with Crippen LogP contribution in [0.1, 0.15) is 30.8 Å². The molecule has 7 nitrogen and oxygen atoms in total. The molecule has 0 fully saturated rings. The van der Waals surface area contributed by atoms with Crippen molar-refractivity contribution >= 4 is 29.9 Å². The molecule has 1 atom stereocenters. The summed E-state index contributed by atoms with van der Waals surface area (Å²) in [6, 6.07) is 2.20. The Morgan fingerprint density at radius 1 is 1.36 bits per heavy atom. The molecule has 0 bridgehead atoms. The highest BCUT2D eigenvalue weighted by molar-refractivity contribution is 14.0. The Kier molecular flexibility index (Phi) is 8.95. The molecule has 2 rings (SSSR count). The summed E-state index contributed by atoms with van der Waals surface area (Å²) in [5, 5.41) is 15.5. The molecule has 0 aliphatic heterocycles. The largest absolute Gasteiger partial charge is 0.357 e. The van der Waals surface area contributed by atoms with Crippen molar-refractivity contribution in [2.24, 2.45) is 12.0 Å². The first-order chi connectivity index (χ1) is 11.5. The Balaban J connectivity index is 0.00000312. The standard InChI is InChI=1S/C17H29N7.HI/c1-6-18-17(19-9-11-24-10-7-8-20-24)21-13(2)12-16-14(3)22-23(5)15(16)4;/h7-8,10,13H,6,9,11-12H2,1-5H3,(H2,18,19,21);1H. The van der Waals surface area contributed by atoms with Gasteiger partial charge in [-0.05, 0) is 45.7 Å². The average Bonchev–Trinajstić information content (AvgIpc) is 3.12. The van der Waals surface area contributed by atoms with Crippen LogP contribution in [0, 0.1) is 13.8 Å². The third-order valence-corrected chi connectivity index (χ3v) is 4.05. The lowest BCUT2D eigenvalue weighted by atomic mass is 10.1. The van der Waals surface area contributed by atoms with Gasteiger partial charge in [-0.3, -0.25) is 14.4 Å². The summed E-state index contributed by atoms with van der Waals surface area (Å²) in [5.74, 6) is 0.844. The van der Waals surface area contributed by atoms with Crippen LogP contribution in [0.4, 0.5) is 0 Å².